The highest BCUT2D eigenvalue weighted by atomic mass is 35.5. The number of rotatable bonds is 5. The molecular weight excluding hydrogens is 446 g/mol. The first kappa shape index (κ1) is 21.7. The normalized spacial score (nSPS) is 22.3. The molecule has 2 aliphatic rings. The molecule has 9 nitrogen and oxygen atoms in total. The molecule has 2 aromatic heterocycles. The Kier molecular flexibility index (Phi) is 5.06. The van der Waals surface area contributed by atoms with Gasteiger partial charge in [-0.2, -0.15) is 0 Å². The molecule has 0 radical (unpaired) electrons. The molecule has 1 aliphatic carbocycles. The summed E-state index contributed by atoms with van der Waals surface area (Å²) in [4.78, 5) is 35.8. The lowest BCUT2D eigenvalue weighted by molar-refractivity contribution is 0.0691. The molecule has 0 bridgehead atoms. The third-order valence-corrected chi connectivity index (χ3v) is 6.88. The van der Waals surface area contributed by atoms with E-state index in [4.69, 9.17) is 16.6 Å². The Morgan fingerprint density at radius 3 is 2.61 bits per heavy atom. The van der Waals surface area contributed by atoms with Gasteiger partial charge >= 0.3 is 5.97 Å². The number of aromatic carboxylic acids is 1. The number of pyridine rings is 1. The number of carboxylic acids is 1. The summed E-state index contributed by atoms with van der Waals surface area (Å²) in [5.41, 5.74) is 2.25. The number of carboxylic acid groups (broad SMARTS) is 1. The summed E-state index contributed by atoms with van der Waals surface area (Å²) < 4.78 is 1.56. The van der Waals surface area contributed by atoms with Gasteiger partial charge in [0.1, 0.15) is 5.15 Å². The standard InChI is InChI=1S/C23H24ClN5O4/c1-10-6-12(11(2)25-16-4-5-17(24)26-19(16)22(32)33)18-13(7-10)21(31)28(3)23(27-18)29-8-14-15(9-29)20(14)30/h4-7,11,14-15,20,25,30H,8-9H2,1-3H3,(H,32,33)/t11-,14+,15+/m0/s1. The van der Waals surface area contributed by atoms with Crippen molar-refractivity contribution < 1.29 is 15.0 Å². The lowest BCUT2D eigenvalue weighted by Gasteiger charge is -2.24. The first-order valence-electron chi connectivity index (χ1n) is 10.8. The Labute approximate surface area is 194 Å². The van der Waals surface area contributed by atoms with Crippen molar-refractivity contribution in [2.75, 3.05) is 23.3 Å². The fourth-order valence-corrected chi connectivity index (χ4v) is 4.99. The van der Waals surface area contributed by atoms with E-state index in [2.05, 4.69) is 15.2 Å². The minimum absolute atomic E-state index is 0.0928. The zero-order valence-electron chi connectivity index (χ0n) is 18.4. The molecule has 1 saturated carbocycles. The number of aromatic nitrogens is 3. The molecule has 172 valence electrons. The number of piperidine rings is 1. The van der Waals surface area contributed by atoms with Gasteiger partial charge in [-0.15, -0.1) is 0 Å². The van der Waals surface area contributed by atoms with Crippen molar-refractivity contribution in [2.24, 2.45) is 18.9 Å². The van der Waals surface area contributed by atoms with Crippen LogP contribution in [0, 0.1) is 18.8 Å². The average molecular weight is 470 g/mol. The van der Waals surface area contributed by atoms with Crippen LogP contribution in [-0.4, -0.2) is 49.9 Å². The number of halogens is 1. The van der Waals surface area contributed by atoms with E-state index in [0.29, 0.717) is 35.6 Å². The molecule has 1 aromatic carbocycles. The van der Waals surface area contributed by atoms with Crippen molar-refractivity contribution in [3.63, 3.8) is 0 Å². The molecule has 1 saturated heterocycles. The summed E-state index contributed by atoms with van der Waals surface area (Å²) in [6, 6.07) is 6.51. The molecular formula is C23H24ClN5O4. The Morgan fingerprint density at radius 2 is 1.94 bits per heavy atom. The predicted octanol–water partition coefficient (Wildman–Crippen LogP) is 2.59. The van der Waals surface area contributed by atoms with Gasteiger partial charge in [0.25, 0.3) is 5.56 Å². The first-order chi connectivity index (χ1) is 15.7. The van der Waals surface area contributed by atoms with Gasteiger partial charge in [0.15, 0.2) is 5.69 Å². The smallest absolute Gasteiger partial charge is 0.356 e. The number of hydrogen-bond acceptors (Lipinski definition) is 7. The van der Waals surface area contributed by atoms with Gasteiger partial charge < -0.3 is 20.4 Å². The van der Waals surface area contributed by atoms with Crippen LogP contribution in [-0.2, 0) is 7.05 Å². The topological polar surface area (TPSA) is 121 Å². The van der Waals surface area contributed by atoms with Crippen molar-refractivity contribution >= 4 is 40.1 Å². The summed E-state index contributed by atoms with van der Waals surface area (Å²) in [5, 5.41) is 23.2. The molecule has 5 rings (SSSR count). The van der Waals surface area contributed by atoms with Crippen LogP contribution in [0.3, 0.4) is 0 Å². The van der Waals surface area contributed by atoms with Crippen LogP contribution in [0.1, 0.15) is 34.6 Å². The lowest BCUT2D eigenvalue weighted by Crippen LogP contribution is -2.33. The zero-order valence-corrected chi connectivity index (χ0v) is 19.2. The van der Waals surface area contributed by atoms with Crippen molar-refractivity contribution in [1.82, 2.24) is 14.5 Å². The van der Waals surface area contributed by atoms with Crippen LogP contribution in [0.2, 0.25) is 5.15 Å². The summed E-state index contributed by atoms with van der Waals surface area (Å²) in [7, 11) is 1.71. The summed E-state index contributed by atoms with van der Waals surface area (Å²) in [5.74, 6) is -0.140. The molecule has 3 aromatic rings. The van der Waals surface area contributed by atoms with Crippen LogP contribution >= 0.6 is 11.6 Å². The first-order valence-corrected chi connectivity index (χ1v) is 11.1. The molecule has 0 amide bonds. The highest BCUT2D eigenvalue weighted by Crippen LogP contribution is 2.46. The van der Waals surface area contributed by atoms with E-state index in [-0.39, 0.29) is 40.4 Å². The number of nitrogens with one attached hydrogen (secondary N) is 1. The monoisotopic (exact) mass is 469 g/mol. The van der Waals surface area contributed by atoms with E-state index in [1.807, 2.05) is 26.0 Å². The predicted molar refractivity (Wildman–Crippen MR) is 125 cm³/mol. The van der Waals surface area contributed by atoms with E-state index in [9.17, 15) is 19.8 Å². The number of fused-ring (bicyclic) bond motifs is 2. The van der Waals surface area contributed by atoms with Gasteiger partial charge in [0.2, 0.25) is 5.95 Å². The number of benzene rings is 1. The number of aliphatic hydroxyl groups excluding tert-OH is 1. The highest BCUT2D eigenvalue weighted by molar-refractivity contribution is 6.29. The summed E-state index contributed by atoms with van der Waals surface area (Å²) >= 11 is 5.88. The maximum absolute atomic E-state index is 13.3. The second kappa shape index (κ2) is 7.71. The van der Waals surface area contributed by atoms with Gasteiger partial charge in [-0.25, -0.2) is 14.8 Å². The molecule has 10 heteroatoms. The molecule has 3 atom stereocenters. The van der Waals surface area contributed by atoms with E-state index in [1.165, 1.54) is 6.07 Å². The molecule has 3 heterocycles. The molecule has 0 unspecified atom stereocenters. The molecule has 0 spiro atoms. The maximum Gasteiger partial charge on any atom is 0.356 e. The Bertz CT molecular complexity index is 1340. The van der Waals surface area contributed by atoms with Crippen LogP contribution in [0.4, 0.5) is 11.6 Å². The fourth-order valence-electron chi connectivity index (χ4n) is 4.84. The second-order valence-corrected chi connectivity index (χ2v) is 9.34. The number of nitrogens with zero attached hydrogens (tertiary/aromatic N) is 4. The Morgan fingerprint density at radius 1 is 1.24 bits per heavy atom. The number of aryl methyl sites for hydroxylation is 1. The van der Waals surface area contributed by atoms with E-state index < -0.39 is 5.97 Å². The van der Waals surface area contributed by atoms with E-state index >= 15 is 0 Å². The van der Waals surface area contributed by atoms with Gasteiger partial charge in [0.05, 0.1) is 28.7 Å². The van der Waals surface area contributed by atoms with Gasteiger partial charge in [0, 0.05) is 37.5 Å². The largest absolute Gasteiger partial charge is 0.476 e. The van der Waals surface area contributed by atoms with E-state index in [0.717, 1.165) is 11.1 Å². The lowest BCUT2D eigenvalue weighted by atomic mass is 10.0. The molecule has 1 aliphatic heterocycles. The third kappa shape index (κ3) is 3.61. The summed E-state index contributed by atoms with van der Waals surface area (Å²) in [6.45, 7) is 5.13. The zero-order chi connectivity index (χ0) is 23.6. The van der Waals surface area contributed by atoms with Crippen LogP contribution in [0.15, 0.2) is 29.1 Å². The SMILES string of the molecule is Cc1cc([C@H](C)Nc2ccc(Cl)nc2C(=O)O)c2nc(N3C[C@H]4C(O)[C@@H]4C3)n(C)c(=O)c2c1. The quantitative estimate of drug-likeness (QED) is 0.487. The minimum Gasteiger partial charge on any atom is -0.476 e. The van der Waals surface area contributed by atoms with E-state index in [1.54, 1.807) is 17.7 Å². The van der Waals surface area contributed by atoms with Gasteiger partial charge in [-0.05, 0) is 37.6 Å². The van der Waals surface area contributed by atoms with Crippen molar-refractivity contribution in [2.45, 2.75) is 26.0 Å². The van der Waals surface area contributed by atoms with Crippen molar-refractivity contribution in [1.29, 1.82) is 0 Å². The highest BCUT2D eigenvalue weighted by Gasteiger charge is 2.55. The van der Waals surface area contributed by atoms with Crippen LogP contribution in [0.5, 0.6) is 0 Å². The third-order valence-electron chi connectivity index (χ3n) is 6.66. The van der Waals surface area contributed by atoms with Gasteiger partial charge in [-0.1, -0.05) is 17.7 Å². The summed E-state index contributed by atoms with van der Waals surface area (Å²) in [6.07, 6.45) is -0.252. The van der Waals surface area contributed by atoms with Gasteiger partial charge in [-0.3, -0.25) is 9.36 Å². The molecule has 33 heavy (non-hydrogen) atoms. The van der Waals surface area contributed by atoms with Crippen LogP contribution < -0.4 is 15.8 Å². The Hall–Kier alpha value is -3.17. The number of aliphatic hydroxyl groups is 1. The van der Waals surface area contributed by atoms with Crippen molar-refractivity contribution in [3.05, 3.63) is 56.6 Å². The number of anilines is 2. The van der Waals surface area contributed by atoms with Crippen molar-refractivity contribution in [3.8, 4) is 0 Å². The Balaban J connectivity index is 1.58. The number of carbonyl (C=O) groups is 1. The van der Waals surface area contributed by atoms with Crippen LogP contribution in [0.25, 0.3) is 10.9 Å². The average Bonchev–Trinajstić information content (AvgIpc) is 3.17. The molecule has 2 fully saturated rings. The second-order valence-electron chi connectivity index (χ2n) is 8.95. The number of hydrogen-bond donors (Lipinski definition) is 3. The fraction of sp³-hybridized carbons (Fsp3) is 0.391. The maximum atomic E-state index is 13.3. The minimum atomic E-state index is -1.19. The molecule has 3 N–H and O–H groups in total.